The molecule has 0 fully saturated rings. The average Bonchev–Trinajstić information content (AvgIpc) is 2.52. The molecule has 2 aromatic rings. The number of hydrogen-bond acceptors (Lipinski definition) is 4. The fourth-order valence-corrected chi connectivity index (χ4v) is 2.63. The first kappa shape index (κ1) is 18.1. The maximum atomic E-state index is 11.3. The zero-order valence-electron chi connectivity index (χ0n) is 12.4. The van der Waals surface area contributed by atoms with E-state index in [1.54, 1.807) is 18.2 Å². The third kappa shape index (κ3) is 4.00. The Labute approximate surface area is 153 Å². The van der Waals surface area contributed by atoms with Gasteiger partial charge in [0.25, 0.3) is 0 Å². The minimum absolute atomic E-state index is 0.0484. The summed E-state index contributed by atoms with van der Waals surface area (Å²) in [5.74, 6) is -0.999. The molecule has 6 nitrogen and oxygen atoms in total. The van der Waals surface area contributed by atoms with Crippen molar-refractivity contribution in [2.24, 2.45) is 0 Å². The van der Waals surface area contributed by atoms with Gasteiger partial charge in [-0.3, -0.25) is 0 Å². The molecule has 9 heteroatoms. The number of carboxylic acid groups (broad SMARTS) is 1. The molecule has 0 saturated carbocycles. The Morgan fingerprint density at radius 1 is 1.25 bits per heavy atom. The van der Waals surface area contributed by atoms with Crippen LogP contribution in [0, 0.1) is 0 Å². The Morgan fingerprint density at radius 3 is 2.42 bits per heavy atom. The number of carboxylic acids is 1. The van der Waals surface area contributed by atoms with Crippen LogP contribution in [-0.4, -0.2) is 23.3 Å². The lowest BCUT2D eigenvalue weighted by molar-refractivity contribution is 0.0693. The van der Waals surface area contributed by atoms with Crippen LogP contribution in [0.3, 0.4) is 0 Å². The number of halogens is 2. The highest BCUT2D eigenvalue weighted by Gasteiger charge is 2.16. The van der Waals surface area contributed by atoms with Crippen molar-refractivity contribution in [2.45, 2.75) is 0 Å². The SMILES string of the molecule is COc1cc(N)c(NC(=S)Nc2c(Cl)cccc2Cl)cc1C(=O)O. The number of thiocarbonyl (C=S) groups is 1. The summed E-state index contributed by atoms with van der Waals surface area (Å²) in [4.78, 5) is 11.3. The molecule has 0 aliphatic carbocycles. The molecule has 0 spiro atoms. The van der Waals surface area contributed by atoms with Crippen molar-refractivity contribution in [1.29, 1.82) is 0 Å². The molecule has 0 radical (unpaired) electrons. The van der Waals surface area contributed by atoms with E-state index in [-0.39, 0.29) is 22.1 Å². The zero-order chi connectivity index (χ0) is 17.9. The minimum atomic E-state index is -1.15. The lowest BCUT2D eigenvalue weighted by atomic mass is 10.1. The van der Waals surface area contributed by atoms with Gasteiger partial charge in [-0.15, -0.1) is 0 Å². The van der Waals surface area contributed by atoms with Crippen LogP contribution in [0.4, 0.5) is 17.1 Å². The summed E-state index contributed by atoms with van der Waals surface area (Å²) in [7, 11) is 1.36. The van der Waals surface area contributed by atoms with Crippen LogP contribution in [0.1, 0.15) is 10.4 Å². The van der Waals surface area contributed by atoms with Gasteiger partial charge in [0.1, 0.15) is 11.3 Å². The third-order valence-electron chi connectivity index (χ3n) is 3.05. The normalized spacial score (nSPS) is 10.1. The summed E-state index contributed by atoms with van der Waals surface area (Å²) in [6, 6.07) is 7.74. The molecule has 0 unspecified atom stereocenters. The molecule has 0 heterocycles. The van der Waals surface area contributed by atoms with Crippen molar-refractivity contribution >= 4 is 63.6 Å². The van der Waals surface area contributed by atoms with Crippen LogP contribution in [0.2, 0.25) is 10.0 Å². The molecular formula is C15H13Cl2N3O3S. The topological polar surface area (TPSA) is 96.6 Å². The highest BCUT2D eigenvalue weighted by Crippen LogP contribution is 2.31. The minimum Gasteiger partial charge on any atom is -0.496 e. The first-order valence-electron chi connectivity index (χ1n) is 6.56. The average molecular weight is 386 g/mol. The van der Waals surface area contributed by atoms with Crippen LogP contribution >= 0.6 is 35.4 Å². The molecule has 0 saturated heterocycles. The van der Waals surface area contributed by atoms with Gasteiger partial charge in [0.05, 0.1) is 34.2 Å². The molecule has 0 bridgehead atoms. The van der Waals surface area contributed by atoms with Crippen molar-refractivity contribution in [1.82, 2.24) is 0 Å². The summed E-state index contributed by atoms with van der Waals surface area (Å²) in [6.07, 6.45) is 0. The van der Waals surface area contributed by atoms with Crippen LogP contribution in [0.15, 0.2) is 30.3 Å². The fraction of sp³-hybridized carbons (Fsp3) is 0.0667. The number of aromatic carboxylic acids is 1. The van der Waals surface area contributed by atoms with Crippen LogP contribution in [0.5, 0.6) is 5.75 Å². The van der Waals surface area contributed by atoms with E-state index in [4.69, 9.17) is 45.9 Å². The summed E-state index contributed by atoms with van der Waals surface area (Å²) in [6.45, 7) is 0. The van der Waals surface area contributed by atoms with Crippen molar-refractivity contribution in [3.05, 3.63) is 45.9 Å². The molecule has 2 rings (SSSR count). The molecule has 0 aromatic heterocycles. The number of ether oxygens (including phenoxy) is 1. The number of anilines is 3. The summed E-state index contributed by atoms with van der Waals surface area (Å²) in [5.41, 5.74) is 6.86. The predicted octanol–water partition coefficient (Wildman–Crippen LogP) is 4.09. The highest BCUT2D eigenvalue weighted by molar-refractivity contribution is 7.80. The van der Waals surface area contributed by atoms with E-state index in [9.17, 15) is 9.90 Å². The third-order valence-corrected chi connectivity index (χ3v) is 3.89. The van der Waals surface area contributed by atoms with Gasteiger partial charge in [-0.1, -0.05) is 29.3 Å². The largest absolute Gasteiger partial charge is 0.496 e. The van der Waals surface area contributed by atoms with Crippen molar-refractivity contribution in [2.75, 3.05) is 23.5 Å². The van der Waals surface area contributed by atoms with E-state index in [0.717, 1.165) is 0 Å². The number of nitrogen functional groups attached to an aromatic ring is 1. The fourth-order valence-electron chi connectivity index (χ4n) is 1.92. The Morgan fingerprint density at radius 2 is 1.88 bits per heavy atom. The van der Waals surface area contributed by atoms with E-state index >= 15 is 0 Å². The van der Waals surface area contributed by atoms with Crippen LogP contribution in [0.25, 0.3) is 0 Å². The van der Waals surface area contributed by atoms with Gasteiger partial charge >= 0.3 is 5.97 Å². The number of hydrogen-bond donors (Lipinski definition) is 4. The summed E-state index contributed by atoms with van der Waals surface area (Å²) < 4.78 is 5.00. The van der Waals surface area contributed by atoms with Gasteiger partial charge in [0, 0.05) is 6.07 Å². The molecule has 0 atom stereocenters. The van der Waals surface area contributed by atoms with Gasteiger partial charge in [0.2, 0.25) is 0 Å². The van der Waals surface area contributed by atoms with E-state index in [1.165, 1.54) is 19.2 Å². The number of nitrogens with one attached hydrogen (secondary N) is 2. The lowest BCUT2D eigenvalue weighted by Gasteiger charge is -2.16. The summed E-state index contributed by atoms with van der Waals surface area (Å²) >= 11 is 17.3. The first-order chi connectivity index (χ1) is 11.3. The number of para-hydroxylation sites is 1. The number of nitrogens with two attached hydrogens (primary N) is 1. The number of rotatable bonds is 4. The lowest BCUT2D eigenvalue weighted by Crippen LogP contribution is -2.20. The maximum Gasteiger partial charge on any atom is 0.339 e. The van der Waals surface area contributed by atoms with Crippen LogP contribution in [-0.2, 0) is 0 Å². The second-order valence-electron chi connectivity index (χ2n) is 4.62. The van der Waals surface area contributed by atoms with Crippen molar-refractivity contribution < 1.29 is 14.6 Å². The van der Waals surface area contributed by atoms with Gasteiger partial charge in [-0.25, -0.2) is 4.79 Å². The zero-order valence-corrected chi connectivity index (χ0v) is 14.7. The Bertz CT molecular complexity index is 795. The second kappa shape index (κ2) is 7.57. The van der Waals surface area contributed by atoms with Crippen LogP contribution < -0.4 is 21.1 Å². The molecule has 2 aromatic carbocycles. The predicted molar refractivity (Wildman–Crippen MR) is 101 cm³/mol. The number of methoxy groups -OCH3 is 1. The van der Waals surface area contributed by atoms with Crippen molar-refractivity contribution in [3.8, 4) is 5.75 Å². The van der Waals surface area contributed by atoms with Gasteiger partial charge < -0.3 is 26.2 Å². The monoisotopic (exact) mass is 385 g/mol. The quantitative estimate of drug-likeness (QED) is 0.464. The second-order valence-corrected chi connectivity index (χ2v) is 5.84. The Balaban J connectivity index is 2.26. The molecule has 126 valence electrons. The maximum absolute atomic E-state index is 11.3. The van der Waals surface area contributed by atoms with E-state index in [0.29, 0.717) is 21.4 Å². The van der Waals surface area contributed by atoms with Gasteiger partial charge in [-0.05, 0) is 30.4 Å². The highest BCUT2D eigenvalue weighted by atomic mass is 35.5. The molecule has 0 aliphatic rings. The number of benzene rings is 2. The van der Waals surface area contributed by atoms with E-state index < -0.39 is 5.97 Å². The number of carbonyl (C=O) groups is 1. The molecule has 0 amide bonds. The standard InChI is InChI=1S/C15H13Cl2N3O3S/c1-23-12-6-10(18)11(5-7(12)14(21)22)19-15(24)20-13-8(16)3-2-4-9(13)17/h2-6H,18H2,1H3,(H,21,22)(H2,19,20,24). The van der Waals surface area contributed by atoms with Gasteiger partial charge in [0.15, 0.2) is 5.11 Å². The first-order valence-corrected chi connectivity index (χ1v) is 7.72. The smallest absolute Gasteiger partial charge is 0.339 e. The Kier molecular flexibility index (Phi) is 5.71. The molecular weight excluding hydrogens is 373 g/mol. The molecule has 24 heavy (non-hydrogen) atoms. The van der Waals surface area contributed by atoms with Crippen molar-refractivity contribution in [3.63, 3.8) is 0 Å². The Hall–Kier alpha value is -2.22. The van der Waals surface area contributed by atoms with E-state index in [1.807, 2.05) is 0 Å². The molecule has 0 aliphatic heterocycles. The van der Waals surface area contributed by atoms with Gasteiger partial charge in [-0.2, -0.15) is 0 Å². The van der Waals surface area contributed by atoms with E-state index in [2.05, 4.69) is 10.6 Å². The molecule has 5 N–H and O–H groups in total. The summed E-state index contributed by atoms with van der Waals surface area (Å²) in [5, 5.41) is 15.8.